The van der Waals surface area contributed by atoms with Crippen LogP contribution in [0.2, 0.25) is 25.2 Å². The molecule has 0 aliphatic carbocycles. The van der Waals surface area contributed by atoms with Crippen LogP contribution < -0.4 is 9.62 Å². The zero-order valence-electron chi connectivity index (χ0n) is 15.7. The van der Waals surface area contributed by atoms with Crippen molar-refractivity contribution in [3.63, 3.8) is 0 Å². The summed E-state index contributed by atoms with van der Waals surface area (Å²) in [5.74, 6) is -1.66. The van der Waals surface area contributed by atoms with Gasteiger partial charge in [0.05, 0.1) is 25.3 Å². The highest BCUT2D eigenvalue weighted by atomic mass is 32.2. The van der Waals surface area contributed by atoms with E-state index in [1.807, 2.05) is 4.90 Å². The highest BCUT2D eigenvalue weighted by molar-refractivity contribution is 7.93. The number of anilines is 2. The third kappa shape index (κ3) is 5.93. The van der Waals surface area contributed by atoms with Crippen LogP contribution in [0.5, 0.6) is 0 Å². The lowest BCUT2D eigenvalue weighted by Gasteiger charge is -2.36. The van der Waals surface area contributed by atoms with Gasteiger partial charge in [-0.2, -0.15) is 0 Å². The van der Waals surface area contributed by atoms with E-state index in [1.165, 1.54) is 18.2 Å². The second kappa shape index (κ2) is 8.25. The summed E-state index contributed by atoms with van der Waals surface area (Å²) in [6.07, 6.45) is 0. The van der Waals surface area contributed by atoms with E-state index in [0.717, 1.165) is 12.1 Å². The molecule has 1 aliphatic rings. The maximum atomic E-state index is 12.1. The number of esters is 1. The first-order chi connectivity index (χ1) is 12.5. The van der Waals surface area contributed by atoms with Gasteiger partial charge in [-0.05, 0) is 31.1 Å². The van der Waals surface area contributed by atoms with Crippen molar-refractivity contribution in [2.75, 3.05) is 35.1 Å². The first kappa shape index (κ1) is 21.2. The summed E-state index contributed by atoms with van der Waals surface area (Å²) < 4.78 is 31.2. The van der Waals surface area contributed by atoms with Crippen molar-refractivity contribution >= 4 is 41.1 Å². The van der Waals surface area contributed by atoms with Crippen molar-refractivity contribution in [3.8, 4) is 0 Å². The molecule has 11 heteroatoms. The lowest BCUT2D eigenvalue weighted by molar-refractivity contribution is -0.384. The average Bonchev–Trinajstić information content (AvgIpc) is 2.53. The zero-order valence-corrected chi connectivity index (χ0v) is 17.5. The number of carbonyl (C=O) groups is 1. The molecule has 1 aromatic rings. The van der Waals surface area contributed by atoms with E-state index in [0.29, 0.717) is 18.8 Å². The summed E-state index contributed by atoms with van der Waals surface area (Å²) >= 11 is 0. The fourth-order valence-corrected chi connectivity index (χ4v) is 5.87. The van der Waals surface area contributed by atoms with Crippen LogP contribution in [0.25, 0.3) is 0 Å². The summed E-state index contributed by atoms with van der Waals surface area (Å²) in [7, 11) is -5.22. The molecule has 1 saturated heterocycles. The van der Waals surface area contributed by atoms with Gasteiger partial charge in [-0.3, -0.25) is 19.6 Å². The SMILES string of the molecule is CCOC(=O)CS(=O)(=O)Nc1ccc([N+](=O)[O-])c(N2CC[Si](C)(C)CC2)c1. The molecule has 0 spiro atoms. The highest BCUT2D eigenvalue weighted by Gasteiger charge is 2.30. The van der Waals surface area contributed by atoms with Gasteiger partial charge in [0.15, 0.2) is 5.75 Å². The predicted molar refractivity (Wildman–Crippen MR) is 106 cm³/mol. The first-order valence-electron chi connectivity index (χ1n) is 8.72. The molecule has 1 heterocycles. The van der Waals surface area contributed by atoms with Gasteiger partial charge in [-0.1, -0.05) is 13.1 Å². The number of hydrogen-bond donors (Lipinski definition) is 1. The van der Waals surface area contributed by atoms with Crippen LogP contribution in [0.4, 0.5) is 17.1 Å². The van der Waals surface area contributed by atoms with E-state index in [1.54, 1.807) is 6.92 Å². The Morgan fingerprint density at radius 1 is 1.33 bits per heavy atom. The molecule has 150 valence electrons. The van der Waals surface area contributed by atoms with Crippen molar-refractivity contribution < 1.29 is 22.9 Å². The van der Waals surface area contributed by atoms with Crippen molar-refractivity contribution in [1.82, 2.24) is 0 Å². The lowest BCUT2D eigenvalue weighted by Crippen LogP contribution is -2.43. The lowest BCUT2D eigenvalue weighted by atomic mass is 10.2. The molecule has 9 nitrogen and oxygen atoms in total. The van der Waals surface area contributed by atoms with Gasteiger partial charge < -0.3 is 9.64 Å². The van der Waals surface area contributed by atoms with Crippen molar-refractivity contribution in [3.05, 3.63) is 28.3 Å². The smallest absolute Gasteiger partial charge is 0.323 e. The Hall–Kier alpha value is -2.14. The quantitative estimate of drug-likeness (QED) is 0.314. The minimum Gasteiger partial charge on any atom is -0.465 e. The number of nitro benzene ring substituents is 1. The summed E-state index contributed by atoms with van der Waals surface area (Å²) in [4.78, 5) is 24.3. The normalized spacial score (nSPS) is 16.6. The summed E-state index contributed by atoms with van der Waals surface area (Å²) in [5.41, 5.74) is 0.507. The van der Waals surface area contributed by atoms with E-state index < -0.39 is 34.7 Å². The predicted octanol–water partition coefficient (Wildman–Crippen LogP) is 2.43. The summed E-state index contributed by atoms with van der Waals surface area (Å²) in [6, 6.07) is 6.11. The second-order valence-electron chi connectivity index (χ2n) is 7.28. The molecule has 2 rings (SSSR count). The maximum absolute atomic E-state index is 12.1. The van der Waals surface area contributed by atoms with Crippen molar-refractivity contribution in [1.29, 1.82) is 0 Å². The minimum absolute atomic E-state index is 0.0651. The summed E-state index contributed by atoms with van der Waals surface area (Å²) in [6.45, 7) is 7.67. The molecule has 0 unspecified atom stereocenters. The van der Waals surface area contributed by atoms with Crippen LogP contribution >= 0.6 is 0 Å². The van der Waals surface area contributed by atoms with E-state index in [2.05, 4.69) is 22.6 Å². The molecule has 1 aromatic carbocycles. The average molecular weight is 416 g/mol. The molecule has 0 aromatic heterocycles. The van der Waals surface area contributed by atoms with Crippen LogP contribution in [0.15, 0.2) is 18.2 Å². The number of rotatable bonds is 7. The van der Waals surface area contributed by atoms with Crippen LogP contribution in [0.1, 0.15) is 6.92 Å². The Labute approximate surface area is 159 Å². The van der Waals surface area contributed by atoms with Gasteiger partial charge in [0, 0.05) is 19.2 Å². The third-order valence-electron chi connectivity index (χ3n) is 4.52. The molecular weight excluding hydrogens is 390 g/mol. The van der Waals surface area contributed by atoms with Crippen LogP contribution in [0, 0.1) is 10.1 Å². The summed E-state index contributed by atoms with van der Waals surface area (Å²) in [5, 5.41) is 11.4. The van der Waals surface area contributed by atoms with Gasteiger partial charge in [-0.25, -0.2) is 8.42 Å². The molecule has 1 fully saturated rings. The number of hydrogen-bond acceptors (Lipinski definition) is 7. The molecule has 1 aliphatic heterocycles. The Bertz CT molecular complexity index is 817. The van der Waals surface area contributed by atoms with Crippen molar-refractivity contribution in [2.24, 2.45) is 0 Å². The van der Waals surface area contributed by atoms with E-state index >= 15 is 0 Å². The topological polar surface area (TPSA) is 119 Å². The Morgan fingerprint density at radius 2 is 1.96 bits per heavy atom. The number of nitrogens with one attached hydrogen (secondary N) is 1. The van der Waals surface area contributed by atoms with Crippen LogP contribution in [-0.2, 0) is 19.6 Å². The van der Waals surface area contributed by atoms with Gasteiger partial charge in [0.2, 0.25) is 10.0 Å². The van der Waals surface area contributed by atoms with Crippen LogP contribution in [0.3, 0.4) is 0 Å². The minimum atomic E-state index is -3.96. The standard InChI is InChI=1S/C16H25N3O6SSi/c1-4-25-16(20)12-26(23,24)17-13-5-6-14(19(21)22)15(11-13)18-7-9-27(2,3)10-8-18/h5-6,11,17H,4,7-10,12H2,1-3H3. The molecule has 0 saturated carbocycles. The zero-order chi connectivity index (χ0) is 20.2. The number of carbonyl (C=O) groups excluding carboxylic acids is 1. The van der Waals surface area contributed by atoms with Gasteiger partial charge in [0.1, 0.15) is 5.69 Å². The first-order valence-corrected chi connectivity index (χ1v) is 13.8. The third-order valence-corrected chi connectivity index (χ3v) is 8.83. The van der Waals surface area contributed by atoms with Crippen LogP contribution in [-0.4, -0.2) is 52.8 Å². The fraction of sp³-hybridized carbons (Fsp3) is 0.562. The van der Waals surface area contributed by atoms with Gasteiger partial charge >= 0.3 is 5.97 Å². The number of ether oxygens (including phenoxy) is 1. The highest BCUT2D eigenvalue weighted by Crippen LogP contribution is 2.35. The van der Waals surface area contributed by atoms with Gasteiger partial charge in [0.25, 0.3) is 5.69 Å². The molecular formula is C16H25N3O6SSi. The van der Waals surface area contributed by atoms with Gasteiger partial charge in [-0.15, -0.1) is 0 Å². The Balaban J connectivity index is 2.24. The Morgan fingerprint density at radius 3 is 2.52 bits per heavy atom. The number of benzene rings is 1. The fourth-order valence-electron chi connectivity index (χ4n) is 2.92. The van der Waals surface area contributed by atoms with E-state index in [-0.39, 0.29) is 18.0 Å². The second-order valence-corrected chi connectivity index (χ2v) is 14.3. The largest absolute Gasteiger partial charge is 0.465 e. The Kier molecular flexibility index (Phi) is 6.47. The molecule has 1 N–H and O–H groups in total. The monoisotopic (exact) mass is 415 g/mol. The van der Waals surface area contributed by atoms with E-state index in [9.17, 15) is 23.3 Å². The molecule has 27 heavy (non-hydrogen) atoms. The number of nitro groups is 1. The number of sulfonamides is 1. The van der Waals surface area contributed by atoms with Crippen molar-refractivity contribution in [2.45, 2.75) is 32.1 Å². The maximum Gasteiger partial charge on any atom is 0.323 e. The number of nitrogens with zero attached hydrogens (tertiary/aromatic N) is 2. The molecule has 0 radical (unpaired) electrons. The molecule has 0 bridgehead atoms. The molecule has 0 amide bonds. The van der Waals surface area contributed by atoms with E-state index in [4.69, 9.17) is 0 Å². The molecule has 0 atom stereocenters.